The fraction of sp³-hybridized carbons (Fsp3) is 0.429. The van der Waals surface area contributed by atoms with Gasteiger partial charge in [-0.15, -0.1) is 0 Å². The molecule has 0 aliphatic carbocycles. The van der Waals surface area contributed by atoms with Crippen LogP contribution in [0, 0.1) is 0 Å². The summed E-state index contributed by atoms with van der Waals surface area (Å²) in [5, 5.41) is 38.8. The van der Waals surface area contributed by atoms with E-state index >= 15 is 0 Å². The number of nitrogens with zero attached hydrogens (tertiary/aromatic N) is 1. The molecule has 7 heteroatoms. The van der Waals surface area contributed by atoms with Crippen molar-refractivity contribution in [3.8, 4) is 0 Å². The van der Waals surface area contributed by atoms with Gasteiger partial charge in [-0.1, -0.05) is 18.2 Å². The molecule has 1 aromatic heterocycles. The van der Waals surface area contributed by atoms with E-state index < -0.39 is 31.2 Å². The first kappa shape index (κ1) is 14.3. The van der Waals surface area contributed by atoms with Gasteiger partial charge >= 0.3 is 0 Å². The average molecular weight is 295 g/mol. The molecule has 1 fully saturated rings. The van der Waals surface area contributed by atoms with Crippen molar-refractivity contribution in [1.82, 2.24) is 4.73 Å². The number of aliphatic hydroxyl groups is 4. The van der Waals surface area contributed by atoms with Crippen molar-refractivity contribution in [2.24, 2.45) is 0 Å². The predicted molar refractivity (Wildman–Crippen MR) is 72.2 cm³/mol. The number of para-hydroxylation sites is 1. The monoisotopic (exact) mass is 295 g/mol. The van der Waals surface area contributed by atoms with Gasteiger partial charge in [0.2, 0.25) is 0 Å². The van der Waals surface area contributed by atoms with E-state index in [4.69, 9.17) is 14.7 Å². The van der Waals surface area contributed by atoms with Crippen LogP contribution in [0.25, 0.3) is 10.9 Å². The summed E-state index contributed by atoms with van der Waals surface area (Å²) in [4.78, 5) is 5.55. The van der Waals surface area contributed by atoms with Crippen molar-refractivity contribution in [2.45, 2.75) is 31.2 Å². The molecule has 21 heavy (non-hydrogen) atoms. The molecular weight excluding hydrogens is 278 g/mol. The topological polar surface area (TPSA) is 104 Å². The molecule has 0 saturated carbocycles. The van der Waals surface area contributed by atoms with Crippen LogP contribution in [0.3, 0.4) is 0 Å². The summed E-state index contributed by atoms with van der Waals surface area (Å²) in [5.41, 5.74) is 1.39. The van der Waals surface area contributed by atoms with E-state index in [2.05, 4.69) is 0 Å². The Morgan fingerprint density at radius 3 is 2.57 bits per heavy atom. The number of aliphatic hydroxyl groups excluding tert-OH is 4. The first-order valence-electron chi connectivity index (χ1n) is 6.65. The molecule has 1 saturated heterocycles. The van der Waals surface area contributed by atoms with Crippen molar-refractivity contribution in [3.05, 3.63) is 36.0 Å². The van der Waals surface area contributed by atoms with Crippen LogP contribution in [0.5, 0.6) is 0 Å². The Morgan fingerprint density at radius 1 is 1.14 bits per heavy atom. The largest absolute Gasteiger partial charge is 0.394 e. The normalized spacial score (nSPS) is 29.1. The highest BCUT2D eigenvalue weighted by Crippen LogP contribution is 2.24. The Balaban J connectivity index is 1.89. The molecule has 3 rings (SSSR count). The van der Waals surface area contributed by atoms with Gasteiger partial charge in [-0.2, -0.15) is 4.73 Å². The Bertz CT molecular complexity index is 627. The lowest BCUT2D eigenvalue weighted by Crippen LogP contribution is -2.38. The van der Waals surface area contributed by atoms with Crippen LogP contribution in [0.2, 0.25) is 0 Å². The van der Waals surface area contributed by atoms with Gasteiger partial charge in [0.1, 0.15) is 18.3 Å². The van der Waals surface area contributed by atoms with E-state index in [-0.39, 0.29) is 6.61 Å². The minimum Gasteiger partial charge on any atom is -0.394 e. The third-order valence-corrected chi connectivity index (χ3v) is 3.65. The number of aromatic nitrogens is 1. The van der Waals surface area contributed by atoms with Gasteiger partial charge in [-0.05, 0) is 6.07 Å². The fourth-order valence-corrected chi connectivity index (χ4v) is 2.50. The first-order chi connectivity index (χ1) is 10.2. The molecule has 1 aromatic carbocycles. The maximum Gasteiger partial charge on any atom is 0.254 e. The number of rotatable bonds is 4. The van der Waals surface area contributed by atoms with Gasteiger partial charge in [-0.3, -0.25) is 0 Å². The van der Waals surface area contributed by atoms with E-state index in [1.54, 1.807) is 12.3 Å². The maximum absolute atomic E-state index is 9.88. The highest BCUT2D eigenvalue weighted by Gasteiger charge is 2.44. The molecule has 1 aliphatic heterocycles. The lowest BCUT2D eigenvalue weighted by Gasteiger charge is -2.17. The Morgan fingerprint density at radius 2 is 1.90 bits per heavy atom. The molecule has 114 valence electrons. The second-order valence-electron chi connectivity index (χ2n) is 4.97. The number of hydrogen-bond acceptors (Lipinski definition) is 6. The van der Waals surface area contributed by atoms with Crippen molar-refractivity contribution in [3.63, 3.8) is 0 Å². The van der Waals surface area contributed by atoms with E-state index in [1.165, 1.54) is 4.73 Å². The molecule has 2 aromatic rings. The van der Waals surface area contributed by atoms with Crippen molar-refractivity contribution in [2.75, 3.05) is 6.61 Å². The highest BCUT2D eigenvalue weighted by atomic mass is 16.8. The zero-order valence-corrected chi connectivity index (χ0v) is 11.2. The molecule has 0 unspecified atom stereocenters. The van der Waals surface area contributed by atoms with E-state index in [0.717, 1.165) is 5.39 Å². The van der Waals surface area contributed by atoms with Crippen molar-refractivity contribution >= 4 is 10.9 Å². The first-order valence-corrected chi connectivity index (χ1v) is 6.65. The third kappa shape index (κ3) is 2.39. The predicted octanol–water partition coefficient (Wildman–Crippen LogP) is -0.999. The molecule has 4 N–H and O–H groups in total. The summed E-state index contributed by atoms with van der Waals surface area (Å²) < 4.78 is 6.67. The van der Waals surface area contributed by atoms with Crippen LogP contribution >= 0.6 is 0 Å². The molecule has 7 nitrogen and oxygen atoms in total. The SMILES string of the molecule is OCc1cn(O[C@@H]2O[C@H](CO)[C@@H](O)[C@H]2O)c2ccccc12. The smallest absolute Gasteiger partial charge is 0.254 e. The average Bonchev–Trinajstić information content (AvgIpc) is 3.00. The summed E-state index contributed by atoms with van der Waals surface area (Å²) >= 11 is 0. The number of hydrogen-bond donors (Lipinski definition) is 4. The standard InChI is InChI=1S/C14H17NO6/c16-6-8-5-15(10-4-2-1-3-9(8)10)21-14-13(19)12(18)11(7-17)20-14/h1-5,11-14,16-19H,6-7H2/t11-,12-,13-,14+/m1/s1. The molecule has 0 bridgehead atoms. The van der Waals surface area contributed by atoms with Crippen LogP contribution in [0.1, 0.15) is 5.56 Å². The van der Waals surface area contributed by atoms with Crippen LogP contribution in [-0.2, 0) is 11.3 Å². The van der Waals surface area contributed by atoms with Crippen LogP contribution in [-0.4, -0.2) is 56.4 Å². The van der Waals surface area contributed by atoms with Gasteiger partial charge in [0.25, 0.3) is 6.29 Å². The maximum atomic E-state index is 9.88. The summed E-state index contributed by atoms with van der Waals surface area (Å²) in [6, 6.07) is 7.31. The summed E-state index contributed by atoms with van der Waals surface area (Å²) in [7, 11) is 0. The van der Waals surface area contributed by atoms with E-state index in [9.17, 15) is 15.3 Å². The zero-order valence-electron chi connectivity index (χ0n) is 11.2. The number of fused-ring (bicyclic) bond motifs is 1. The van der Waals surface area contributed by atoms with Crippen LogP contribution in [0.15, 0.2) is 30.5 Å². The summed E-state index contributed by atoms with van der Waals surface area (Å²) in [6.07, 6.45) is -2.86. The second kappa shape index (κ2) is 5.63. The highest BCUT2D eigenvalue weighted by molar-refractivity contribution is 5.83. The van der Waals surface area contributed by atoms with Crippen LogP contribution < -0.4 is 4.84 Å². The lowest BCUT2D eigenvalue weighted by atomic mass is 10.1. The molecule has 0 spiro atoms. The molecule has 4 atom stereocenters. The van der Waals surface area contributed by atoms with Gasteiger partial charge in [-0.25, -0.2) is 0 Å². The van der Waals surface area contributed by atoms with Crippen molar-refractivity contribution < 1.29 is 30.0 Å². The Kier molecular flexibility index (Phi) is 3.83. The Labute approximate surface area is 120 Å². The minimum atomic E-state index is -1.26. The zero-order chi connectivity index (χ0) is 15.0. The van der Waals surface area contributed by atoms with Gasteiger partial charge < -0.3 is 30.0 Å². The molecule has 2 heterocycles. The summed E-state index contributed by atoms with van der Waals surface area (Å²) in [5.74, 6) is 0. The van der Waals surface area contributed by atoms with Crippen molar-refractivity contribution in [1.29, 1.82) is 0 Å². The molecule has 0 amide bonds. The van der Waals surface area contributed by atoms with Gasteiger partial charge in [0.15, 0.2) is 0 Å². The molecule has 0 radical (unpaired) electrons. The minimum absolute atomic E-state index is 0.146. The van der Waals surface area contributed by atoms with Crippen LogP contribution in [0.4, 0.5) is 0 Å². The fourth-order valence-electron chi connectivity index (χ4n) is 2.50. The lowest BCUT2D eigenvalue weighted by molar-refractivity contribution is -0.168. The quantitative estimate of drug-likeness (QED) is 0.577. The van der Waals surface area contributed by atoms with Gasteiger partial charge in [0.05, 0.1) is 24.9 Å². The molecular formula is C14H17NO6. The van der Waals surface area contributed by atoms with E-state index in [0.29, 0.717) is 11.1 Å². The number of benzene rings is 1. The summed E-state index contributed by atoms with van der Waals surface area (Å²) in [6.45, 7) is -0.556. The molecule has 1 aliphatic rings. The van der Waals surface area contributed by atoms with E-state index in [1.807, 2.05) is 18.2 Å². The number of ether oxygens (including phenoxy) is 1. The second-order valence-corrected chi connectivity index (χ2v) is 4.97. The third-order valence-electron chi connectivity index (χ3n) is 3.65. The Hall–Kier alpha value is -1.64. The van der Waals surface area contributed by atoms with Gasteiger partial charge in [0, 0.05) is 10.9 Å².